The van der Waals surface area contributed by atoms with Crippen molar-refractivity contribution in [3.8, 4) is 0 Å². The van der Waals surface area contributed by atoms with E-state index in [9.17, 15) is 9.59 Å². The number of rotatable bonds is 8. The van der Waals surface area contributed by atoms with Crippen LogP contribution in [-0.2, 0) is 4.74 Å². The number of carbonyl (C=O) groups excluding carboxylic acids is 2. The molecule has 27 heavy (non-hydrogen) atoms. The molecule has 2 aromatic rings. The number of methoxy groups -OCH3 is 1. The summed E-state index contributed by atoms with van der Waals surface area (Å²) in [4.78, 5) is 34.4. The summed E-state index contributed by atoms with van der Waals surface area (Å²) in [5.41, 5.74) is 1.50. The number of ether oxygens (including phenoxy) is 1. The Morgan fingerprint density at radius 3 is 2.48 bits per heavy atom. The third-order valence-electron chi connectivity index (χ3n) is 3.72. The Labute approximate surface area is 159 Å². The van der Waals surface area contributed by atoms with E-state index in [0.717, 1.165) is 18.7 Å². The Hall–Kier alpha value is -3.00. The van der Waals surface area contributed by atoms with Gasteiger partial charge in [0.15, 0.2) is 0 Å². The number of aryl methyl sites for hydroxylation is 1. The summed E-state index contributed by atoms with van der Waals surface area (Å²) in [5.74, 6) is 0.368. The van der Waals surface area contributed by atoms with Crippen LogP contribution in [-0.4, -0.2) is 61.0 Å². The Bertz CT molecular complexity index is 790. The van der Waals surface area contributed by atoms with Crippen LogP contribution in [0, 0.1) is 6.92 Å². The van der Waals surface area contributed by atoms with Gasteiger partial charge in [-0.15, -0.1) is 0 Å². The first kappa shape index (κ1) is 20.3. The summed E-state index contributed by atoms with van der Waals surface area (Å²) in [6.07, 6.45) is 0.862. The highest BCUT2D eigenvalue weighted by Crippen LogP contribution is 2.17. The molecule has 0 saturated carbocycles. The van der Waals surface area contributed by atoms with Gasteiger partial charge in [-0.05, 0) is 58.3 Å². The fourth-order valence-corrected chi connectivity index (χ4v) is 2.39. The molecule has 2 rings (SSSR count). The van der Waals surface area contributed by atoms with Crippen LogP contribution in [0.2, 0.25) is 0 Å². The summed E-state index contributed by atoms with van der Waals surface area (Å²) in [6.45, 7) is 3.21. The van der Waals surface area contributed by atoms with E-state index in [4.69, 9.17) is 0 Å². The Balaban J connectivity index is 2.03. The van der Waals surface area contributed by atoms with E-state index in [2.05, 4.69) is 30.2 Å². The van der Waals surface area contributed by atoms with Crippen molar-refractivity contribution < 1.29 is 14.3 Å². The molecule has 0 aliphatic heterocycles. The molecule has 0 fully saturated rings. The van der Waals surface area contributed by atoms with Crippen molar-refractivity contribution in [3.63, 3.8) is 0 Å². The van der Waals surface area contributed by atoms with Crippen LogP contribution in [0.5, 0.6) is 0 Å². The molecule has 0 bridgehead atoms. The lowest BCUT2D eigenvalue weighted by atomic mass is 10.2. The SMILES string of the molecule is COC(=O)c1ccc(Nc2cc(C(=O)NCCCN(C)C)nc(C)n2)cc1. The average Bonchev–Trinajstić information content (AvgIpc) is 2.64. The molecular formula is C19H25N5O3. The second kappa shape index (κ2) is 9.63. The molecule has 1 aromatic heterocycles. The monoisotopic (exact) mass is 371 g/mol. The standard InChI is InChI=1S/C19H25N5O3/c1-13-21-16(18(25)20-10-5-11-24(2)3)12-17(22-13)23-15-8-6-14(7-9-15)19(26)27-4/h6-9,12H,5,10-11H2,1-4H3,(H,20,25)(H,21,22,23). The Morgan fingerprint density at radius 1 is 1.15 bits per heavy atom. The second-order valence-corrected chi connectivity index (χ2v) is 6.29. The molecule has 0 unspecified atom stereocenters. The normalized spacial score (nSPS) is 10.6. The number of nitrogens with zero attached hydrogens (tertiary/aromatic N) is 3. The highest BCUT2D eigenvalue weighted by atomic mass is 16.5. The second-order valence-electron chi connectivity index (χ2n) is 6.29. The van der Waals surface area contributed by atoms with Gasteiger partial charge in [-0.1, -0.05) is 0 Å². The van der Waals surface area contributed by atoms with Gasteiger partial charge in [-0.2, -0.15) is 0 Å². The molecule has 8 heteroatoms. The zero-order valence-electron chi connectivity index (χ0n) is 16.1. The lowest BCUT2D eigenvalue weighted by molar-refractivity contribution is 0.0600. The van der Waals surface area contributed by atoms with E-state index in [1.54, 1.807) is 37.3 Å². The van der Waals surface area contributed by atoms with E-state index in [-0.39, 0.29) is 5.91 Å². The topological polar surface area (TPSA) is 96.4 Å². The van der Waals surface area contributed by atoms with Gasteiger partial charge in [0.05, 0.1) is 12.7 Å². The molecule has 2 N–H and O–H groups in total. The molecule has 0 aliphatic carbocycles. The maximum Gasteiger partial charge on any atom is 0.337 e. The van der Waals surface area contributed by atoms with E-state index < -0.39 is 5.97 Å². The van der Waals surface area contributed by atoms with Crippen LogP contribution < -0.4 is 10.6 Å². The van der Waals surface area contributed by atoms with Crippen LogP contribution >= 0.6 is 0 Å². The van der Waals surface area contributed by atoms with Crippen molar-refractivity contribution >= 4 is 23.4 Å². The first-order valence-electron chi connectivity index (χ1n) is 8.63. The van der Waals surface area contributed by atoms with Gasteiger partial charge < -0.3 is 20.3 Å². The minimum absolute atomic E-state index is 0.233. The fourth-order valence-electron chi connectivity index (χ4n) is 2.39. The number of aromatic nitrogens is 2. The number of carbonyl (C=O) groups is 2. The number of hydrogen-bond acceptors (Lipinski definition) is 7. The summed E-state index contributed by atoms with van der Waals surface area (Å²) in [5, 5.41) is 5.98. The van der Waals surface area contributed by atoms with Crippen LogP contribution in [0.4, 0.5) is 11.5 Å². The van der Waals surface area contributed by atoms with E-state index in [1.807, 2.05) is 14.1 Å². The Morgan fingerprint density at radius 2 is 1.85 bits per heavy atom. The molecular weight excluding hydrogens is 346 g/mol. The Kier molecular flexibility index (Phi) is 7.25. The van der Waals surface area contributed by atoms with Gasteiger partial charge in [0, 0.05) is 18.3 Å². The summed E-state index contributed by atoms with van der Waals surface area (Å²) < 4.78 is 4.68. The van der Waals surface area contributed by atoms with Gasteiger partial charge in [0.25, 0.3) is 5.91 Å². The zero-order valence-corrected chi connectivity index (χ0v) is 16.1. The van der Waals surface area contributed by atoms with Gasteiger partial charge in [0.1, 0.15) is 17.3 Å². The third kappa shape index (κ3) is 6.34. The molecule has 1 aromatic carbocycles. The van der Waals surface area contributed by atoms with E-state index in [0.29, 0.717) is 29.4 Å². The van der Waals surface area contributed by atoms with Crippen LogP contribution in [0.3, 0.4) is 0 Å². The highest BCUT2D eigenvalue weighted by Gasteiger charge is 2.11. The van der Waals surface area contributed by atoms with Crippen LogP contribution in [0.15, 0.2) is 30.3 Å². The number of hydrogen-bond donors (Lipinski definition) is 2. The number of anilines is 2. The number of amides is 1. The maximum atomic E-state index is 12.3. The first-order valence-corrected chi connectivity index (χ1v) is 8.63. The lowest BCUT2D eigenvalue weighted by Gasteiger charge is -2.11. The number of nitrogens with one attached hydrogen (secondary N) is 2. The summed E-state index contributed by atoms with van der Waals surface area (Å²) in [6, 6.07) is 8.39. The van der Waals surface area contributed by atoms with Crippen molar-refractivity contribution in [1.29, 1.82) is 0 Å². The minimum Gasteiger partial charge on any atom is -0.465 e. The van der Waals surface area contributed by atoms with Gasteiger partial charge in [0.2, 0.25) is 0 Å². The number of benzene rings is 1. The molecule has 8 nitrogen and oxygen atoms in total. The van der Waals surface area contributed by atoms with Crippen molar-refractivity contribution in [1.82, 2.24) is 20.2 Å². The largest absolute Gasteiger partial charge is 0.465 e. The van der Waals surface area contributed by atoms with Crippen molar-refractivity contribution in [2.24, 2.45) is 0 Å². The summed E-state index contributed by atoms with van der Waals surface area (Å²) in [7, 11) is 5.32. The van der Waals surface area contributed by atoms with Gasteiger partial charge in [-0.3, -0.25) is 4.79 Å². The lowest BCUT2D eigenvalue weighted by Crippen LogP contribution is -2.28. The van der Waals surface area contributed by atoms with Gasteiger partial charge >= 0.3 is 5.97 Å². The van der Waals surface area contributed by atoms with Crippen LogP contribution in [0.25, 0.3) is 0 Å². The maximum absolute atomic E-state index is 12.3. The predicted octanol–water partition coefficient (Wildman–Crippen LogP) is 2.00. The minimum atomic E-state index is -0.396. The molecule has 1 amide bonds. The van der Waals surface area contributed by atoms with Crippen LogP contribution in [0.1, 0.15) is 33.1 Å². The van der Waals surface area contributed by atoms with E-state index in [1.165, 1.54) is 7.11 Å². The molecule has 0 radical (unpaired) electrons. The van der Waals surface area contributed by atoms with E-state index >= 15 is 0 Å². The van der Waals surface area contributed by atoms with Gasteiger partial charge in [-0.25, -0.2) is 14.8 Å². The first-order chi connectivity index (χ1) is 12.9. The zero-order chi connectivity index (χ0) is 19.8. The molecule has 0 spiro atoms. The smallest absolute Gasteiger partial charge is 0.337 e. The number of esters is 1. The average molecular weight is 371 g/mol. The van der Waals surface area contributed by atoms with Crippen molar-refractivity contribution in [2.75, 3.05) is 39.6 Å². The third-order valence-corrected chi connectivity index (χ3v) is 3.72. The molecule has 1 heterocycles. The van der Waals surface area contributed by atoms with Crippen molar-refractivity contribution in [2.45, 2.75) is 13.3 Å². The molecule has 0 atom stereocenters. The quantitative estimate of drug-likeness (QED) is 0.541. The molecule has 144 valence electrons. The molecule has 0 saturated heterocycles. The predicted molar refractivity (Wildman–Crippen MR) is 103 cm³/mol. The summed E-state index contributed by atoms with van der Waals surface area (Å²) >= 11 is 0. The molecule has 0 aliphatic rings. The highest BCUT2D eigenvalue weighted by molar-refractivity contribution is 5.93. The fraction of sp³-hybridized carbons (Fsp3) is 0.368. The van der Waals surface area contributed by atoms with Crippen molar-refractivity contribution in [3.05, 3.63) is 47.4 Å².